The number of rotatable bonds is 4. The van der Waals surface area contributed by atoms with Crippen molar-refractivity contribution in [2.24, 2.45) is 0 Å². The van der Waals surface area contributed by atoms with E-state index in [-0.39, 0.29) is 11.3 Å². The summed E-state index contributed by atoms with van der Waals surface area (Å²) < 4.78 is 0.485. The van der Waals surface area contributed by atoms with Gasteiger partial charge in [0.2, 0.25) is 0 Å². The Balaban J connectivity index is 2.29. The first-order valence-electron chi connectivity index (χ1n) is 5.80. The van der Waals surface area contributed by atoms with Crippen LogP contribution in [0.2, 0.25) is 0 Å². The quantitative estimate of drug-likeness (QED) is 0.644. The van der Waals surface area contributed by atoms with Gasteiger partial charge in [-0.2, -0.15) is 0 Å². The Morgan fingerprint density at radius 3 is 2.52 bits per heavy atom. The van der Waals surface area contributed by atoms with Crippen molar-refractivity contribution in [3.63, 3.8) is 0 Å². The maximum absolute atomic E-state index is 10.8. The number of aromatic nitrogens is 1. The van der Waals surface area contributed by atoms with Gasteiger partial charge in [-0.05, 0) is 47.1 Å². The van der Waals surface area contributed by atoms with Crippen LogP contribution in [0.3, 0.4) is 0 Å². The maximum atomic E-state index is 10.8. The van der Waals surface area contributed by atoms with Gasteiger partial charge in [-0.3, -0.25) is 10.1 Å². The highest BCUT2D eigenvalue weighted by Crippen LogP contribution is 2.32. The van der Waals surface area contributed by atoms with E-state index in [1.165, 1.54) is 18.3 Å². The molecular formula is C13H10BrN3O4. The van der Waals surface area contributed by atoms with Gasteiger partial charge < -0.3 is 10.4 Å². The van der Waals surface area contributed by atoms with Crippen LogP contribution >= 0.6 is 15.9 Å². The van der Waals surface area contributed by atoms with Crippen LogP contribution in [0.25, 0.3) is 0 Å². The van der Waals surface area contributed by atoms with Crippen LogP contribution in [-0.2, 0) is 0 Å². The lowest BCUT2D eigenvalue weighted by atomic mass is 10.2. The number of aromatic carboxylic acids is 1. The second-order valence-electron chi connectivity index (χ2n) is 4.20. The van der Waals surface area contributed by atoms with Gasteiger partial charge in [0, 0.05) is 11.3 Å². The molecule has 2 rings (SSSR count). The molecule has 1 aromatic heterocycles. The van der Waals surface area contributed by atoms with Crippen LogP contribution in [0.15, 0.2) is 34.9 Å². The van der Waals surface area contributed by atoms with Gasteiger partial charge in [0.25, 0.3) is 5.69 Å². The van der Waals surface area contributed by atoms with Gasteiger partial charge in [-0.1, -0.05) is 0 Å². The number of hydrogen-bond acceptors (Lipinski definition) is 5. The lowest BCUT2D eigenvalue weighted by Gasteiger charge is -2.09. The molecule has 1 heterocycles. The van der Waals surface area contributed by atoms with Crippen molar-refractivity contribution in [3.8, 4) is 0 Å². The average molecular weight is 352 g/mol. The first-order chi connectivity index (χ1) is 9.90. The number of carbonyl (C=O) groups is 1. The normalized spacial score (nSPS) is 10.2. The molecule has 0 fully saturated rings. The number of benzene rings is 1. The number of carboxylic acid groups (broad SMARTS) is 1. The third-order valence-electron chi connectivity index (χ3n) is 2.83. The highest BCUT2D eigenvalue weighted by molar-refractivity contribution is 9.10. The number of hydrogen-bond donors (Lipinski definition) is 2. The minimum Gasteiger partial charge on any atom is -0.478 e. The fourth-order valence-corrected chi connectivity index (χ4v) is 2.08. The Morgan fingerprint density at radius 2 is 2.00 bits per heavy atom. The molecule has 0 saturated carbocycles. The SMILES string of the molecule is Cc1c([N+](=O)[O-])cnc(Nc2ccc(C(=O)O)cc2)c1Br. The molecule has 21 heavy (non-hydrogen) atoms. The number of halogens is 1. The molecule has 0 radical (unpaired) electrons. The van der Waals surface area contributed by atoms with Crippen molar-refractivity contribution < 1.29 is 14.8 Å². The summed E-state index contributed by atoms with van der Waals surface area (Å²) in [5, 5.41) is 22.6. The first-order valence-corrected chi connectivity index (χ1v) is 6.59. The monoisotopic (exact) mass is 351 g/mol. The number of nitrogens with zero attached hydrogens (tertiary/aromatic N) is 2. The summed E-state index contributed by atoms with van der Waals surface area (Å²) >= 11 is 3.27. The largest absolute Gasteiger partial charge is 0.478 e. The standard InChI is InChI=1S/C13H10BrN3O4/c1-7-10(17(20)21)6-15-12(11(7)14)16-9-4-2-8(3-5-9)13(18)19/h2-6H,1H3,(H,15,16)(H,18,19). The van der Waals surface area contributed by atoms with E-state index in [4.69, 9.17) is 5.11 Å². The van der Waals surface area contributed by atoms with Gasteiger partial charge in [0.15, 0.2) is 0 Å². The maximum Gasteiger partial charge on any atom is 0.335 e. The molecule has 0 amide bonds. The third-order valence-corrected chi connectivity index (χ3v) is 3.80. The van der Waals surface area contributed by atoms with Crippen LogP contribution in [0.1, 0.15) is 15.9 Å². The topological polar surface area (TPSA) is 105 Å². The molecule has 0 aliphatic heterocycles. The predicted molar refractivity (Wildman–Crippen MR) is 80.0 cm³/mol. The molecule has 0 atom stereocenters. The van der Waals surface area contributed by atoms with E-state index in [0.717, 1.165) is 0 Å². The Bertz CT molecular complexity index is 716. The minimum absolute atomic E-state index is 0.0753. The Labute approximate surface area is 127 Å². The van der Waals surface area contributed by atoms with Crippen LogP contribution in [-0.4, -0.2) is 21.0 Å². The highest BCUT2D eigenvalue weighted by Gasteiger charge is 2.17. The third kappa shape index (κ3) is 3.16. The van der Waals surface area contributed by atoms with E-state index in [9.17, 15) is 14.9 Å². The summed E-state index contributed by atoms with van der Waals surface area (Å²) in [6.07, 6.45) is 1.17. The molecule has 2 N–H and O–H groups in total. The van der Waals surface area contributed by atoms with E-state index in [2.05, 4.69) is 26.2 Å². The van der Waals surface area contributed by atoms with Crippen molar-refractivity contribution >= 4 is 39.1 Å². The van der Waals surface area contributed by atoms with E-state index in [0.29, 0.717) is 21.5 Å². The van der Waals surface area contributed by atoms with Crippen LogP contribution < -0.4 is 5.32 Å². The van der Waals surface area contributed by atoms with Crippen LogP contribution in [0.4, 0.5) is 17.2 Å². The first kappa shape index (κ1) is 14.9. The summed E-state index contributed by atoms with van der Waals surface area (Å²) in [6.45, 7) is 1.61. The lowest BCUT2D eigenvalue weighted by molar-refractivity contribution is -0.385. The van der Waals surface area contributed by atoms with E-state index in [1.807, 2.05) is 0 Å². The van der Waals surface area contributed by atoms with Crippen LogP contribution in [0.5, 0.6) is 0 Å². The van der Waals surface area contributed by atoms with Crippen molar-refractivity contribution in [2.75, 3.05) is 5.32 Å². The summed E-state index contributed by atoms with van der Waals surface area (Å²) in [6, 6.07) is 6.09. The smallest absolute Gasteiger partial charge is 0.335 e. The number of anilines is 2. The van der Waals surface area contributed by atoms with Crippen molar-refractivity contribution in [1.82, 2.24) is 4.98 Å². The molecule has 108 valence electrons. The fraction of sp³-hybridized carbons (Fsp3) is 0.0769. The van der Waals surface area contributed by atoms with Gasteiger partial charge in [-0.25, -0.2) is 9.78 Å². The summed E-state index contributed by atoms with van der Waals surface area (Å²) in [5.41, 5.74) is 1.18. The van der Waals surface area contributed by atoms with Gasteiger partial charge in [0.1, 0.15) is 12.0 Å². The number of carboxylic acids is 1. The van der Waals surface area contributed by atoms with E-state index >= 15 is 0 Å². The molecule has 0 bridgehead atoms. The molecule has 0 aliphatic carbocycles. The molecular weight excluding hydrogens is 342 g/mol. The zero-order chi connectivity index (χ0) is 15.6. The number of nitrogens with one attached hydrogen (secondary N) is 1. The molecule has 1 aromatic carbocycles. The molecule has 7 nitrogen and oxygen atoms in total. The second-order valence-corrected chi connectivity index (χ2v) is 4.99. The molecule has 0 saturated heterocycles. The summed E-state index contributed by atoms with van der Waals surface area (Å²) in [7, 11) is 0. The summed E-state index contributed by atoms with van der Waals surface area (Å²) in [4.78, 5) is 25.1. The Morgan fingerprint density at radius 1 is 1.38 bits per heavy atom. The number of pyridine rings is 1. The molecule has 0 spiro atoms. The highest BCUT2D eigenvalue weighted by atomic mass is 79.9. The number of nitro groups is 1. The molecule has 0 aliphatic rings. The Kier molecular flexibility index (Phi) is 4.18. The van der Waals surface area contributed by atoms with E-state index in [1.54, 1.807) is 19.1 Å². The zero-order valence-electron chi connectivity index (χ0n) is 10.8. The van der Waals surface area contributed by atoms with Crippen molar-refractivity contribution in [2.45, 2.75) is 6.92 Å². The van der Waals surface area contributed by atoms with Crippen molar-refractivity contribution in [3.05, 3.63) is 56.2 Å². The van der Waals surface area contributed by atoms with E-state index < -0.39 is 10.9 Å². The van der Waals surface area contributed by atoms with Gasteiger partial charge in [-0.15, -0.1) is 0 Å². The zero-order valence-corrected chi connectivity index (χ0v) is 12.4. The minimum atomic E-state index is -1.01. The molecule has 0 unspecified atom stereocenters. The predicted octanol–water partition coefficient (Wildman–Crippen LogP) is 3.50. The van der Waals surface area contributed by atoms with Gasteiger partial charge in [0.05, 0.1) is 15.0 Å². The van der Waals surface area contributed by atoms with Gasteiger partial charge >= 0.3 is 5.97 Å². The lowest BCUT2D eigenvalue weighted by Crippen LogP contribution is -2.01. The summed E-state index contributed by atoms with van der Waals surface area (Å²) in [5.74, 6) is -0.590. The molecule has 2 aromatic rings. The average Bonchev–Trinajstić information content (AvgIpc) is 2.44. The fourth-order valence-electron chi connectivity index (χ4n) is 1.67. The Hall–Kier alpha value is -2.48. The molecule has 8 heteroatoms. The van der Waals surface area contributed by atoms with Crippen molar-refractivity contribution in [1.29, 1.82) is 0 Å². The second kappa shape index (κ2) is 5.88. The van der Waals surface area contributed by atoms with Crippen LogP contribution in [0, 0.1) is 17.0 Å².